The van der Waals surface area contributed by atoms with Crippen LogP contribution in [0, 0.1) is 5.41 Å². The molecule has 0 bridgehead atoms. The maximum atomic E-state index is 7.71. The molecule has 1 N–H and O–H groups in total. The first-order valence-electron chi connectivity index (χ1n) is 26.0. The van der Waals surface area contributed by atoms with Crippen LogP contribution in [0.15, 0.2) is 188 Å². The highest BCUT2D eigenvalue weighted by atomic mass is 15.0. The maximum Gasteiger partial charge on any atom is 0.0970 e. The molecule has 5 heterocycles. The summed E-state index contributed by atoms with van der Waals surface area (Å²) in [6.07, 6.45) is 10.7. The topological polar surface area (TPSA) is 72.4 Å². The van der Waals surface area contributed by atoms with Gasteiger partial charge in [-0.05, 0) is 188 Å². The van der Waals surface area contributed by atoms with E-state index in [1.165, 1.54) is 94.5 Å². The van der Waals surface area contributed by atoms with Gasteiger partial charge in [-0.25, -0.2) is 0 Å². The van der Waals surface area contributed by atoms with E-state index in [1.54, 1.807) is 6.08 Å². The highest BCUT2D eigenvalue weighted by Crippen LogP contribution is 2.61. The van der Waals surface area contributed by atoms with E-state index in [0.29, 0.717) is 0 Å². The van der Waals surface area contributed by atoms with Crippen LogP contribution >= 0.6 is 0 Å². The van der Waals surface area contributed by atoms with Crippen LogP contribution in [-0.2, 0) is 0 Å². The molecule has 2 aliphatic carbocycles. The summed E-state index contributed by atoms with van der Waals surface area (Å²) in [5.74, 6) is 0.893. The van der Waals surface area contributed by atoms with Gasteiger partial charge in [0.05, 0.1) is 38.6 Å². The Balaban J connectivity index is 1.04. The second kappa shape index (κ2) is 16.0. The fraction of sp³-hybridized carbons (Fsp3) is 0.118. The van der Waals surface area contributed by atoms with Crippen molar-refractivity contribution < 1.29 is 0 Å². The van der Waals surface area contributed by atoms with Crippen molar-refractivity contribution in [2.75, 3.05) is 0 Å². The van der Waals surface area contributed by atoms with Crippen molar-refractivity contribution in [1.82, 2.24) is 24.1 Å². The van der Waals surface area contributed by atoms with Gasteiger partial charge in [0.25, 0.3) is 0 Å². The molecule has 13 aromatic rings. The first-order chi connectivity index (χ1) is 36.4. The molecule has 0 radical (unpaired) electrons. The van der Waals surface area contributed by atoms with E-state index in [1.807, 2.05) is 42.9 Å². The SMILES string of the molecule is CC1c2cc3c4cc(-c5cc(/C=C\C=N)cc6ncccc56)ccc4n(-c4ccccc4)c3c3c2-c2c(cc4c5cc(-c6cc7cccnc7c7ncccc67)ccc5n(-c5ccccc5)c4c2C(C)C3C)C1C. The van der Waals surface area contributed by atoms with Gasteiger partial charge in [-0.1, -0.05) is 101 Å². The predicted octanol–water partition coefficient (Wildman–Crippen LogP) is 17.6. The maximum absolute atomic E-state index is 7.71. The molecule has 2 aliphatic rings. The van der Waals surface area contributed by atoms with Crippen LogP contribution in [0.2, 0.25) is 0 Å². The number of hydrogen-bond donors (Lipinski definition) is 1. The van der Waals surface area contributed by atoms with Crippen LogP contribution in [0.25, 0.3) is 127 Å². The predicted molar refractivity (Wildman–Crippen MR) is 309 cm³/mol. The van der Waals surface area contributed by atoms with Crippen molar-refractivity contribution in [2.45, 2.75) is 51.4 Å². The van der Waals surface area contributed by atoms with Gasteiger partial charge >= 0.3 is 0 Å². The average molecular weight is 951 g/mol. The lowest BCUT2D eigenvalue weighted by atomic mass is 9.62. The highest BCUT2D eigenvalue weighted by Gasteiger charge is 2.42. The van der Waals surface area contributed by atoms with Crippen LogP contribution < -0.4 is 0 Å². The van der Waals surface area contributed by atoms with Gasteiger partial charge in [0.2, 0.25) is 0 Å². The number of nitrogens with zero attached hydrogens (tertiary/aromatic N) is 5. The summed E-state index contributed by atoms with van der Waals surface area (Å²) in [4.78, 5) is 14.5. The van der Waals surface area contributed by atoms with Gasteiger partial charge in [0.15, 0.2) is 0 Å². The van der Waals surface area contributed by atoms with E-state index in [9.17, 15) is 0 Å². The number of pyridine rings is 3. The summed E-state index contributed by atoms with van der Waals surface area (Å²) in [7, 11) is 0. The number of allylic oxidation sites excluding steroid dienone is 1. The van der Waals surface area contributed by atoms with Gasteiger partial charge in [-0.2, -0.15) is 0 Å². The lowest BCUT2D eigenvalue weighted by Gasteiger charge is -2.42. The molecule has 0 saturated carbocycles. The van der Waals surface area contributed by atoms with Crippen molar-refractivity contribution in [3.63, 3.8) is 0 Å². The molecule has 0 aliphatic heterocycles. The minimum absolute atomic E-state index is 0.181. The second-order valence-corrected chi connectivity index (χ2v) is 20.8. The quantitative estimate of drug-likeness (QED) is 0.133. The molecule has 0 saturated heterocycles. The summed E-state index contributed by atoms with van der Waals surface area (Å²) >= 11 is 0. The van der Waals surface area contributed by atoms with E-state index in [2.05, 4.69) is 182 Å². The van der Waals surface area contributed by atoms with Crippen LogP contribution in [-0.4, -0.2) is 30.3 Å². The third kappa shape index (κ3) is 5.94. The number of nitrogens with one attached hydrogen (secondary N) is 1. The zero-order valence-corrected chi connectivity index (χ0v) is 41.6. The Labute approximate surface area is 428 Å². The molecule has 8 aromatic carbocycles. The summed E-state index contributed by atoms with van der Waals surface area (Å²) in [6.45, 7) is 9.93. The molecule has 15 rings (SSSR count). The standard InChI is InChI=1S/C68H50N6/c1-38-39(2)51-37-57-55-34-44(53-35-45-16-12-29-71-65(45)66-49(53)22-14-30-72-66)24-26-60(55)74(47-19-9-6-10-20-47)68(57)62-41(4)40(3)61-63(64(51)62)50(38)36-56-54-33-43(23-25-59(54)73(67(56)61)46-17-7-5-8-18-46)52-31-42(15-11-27-69)32-58-48(52)21-13-28-70-58/h5-41,69H,1-4H3/b15-11-,69-27?. The minimum atomic E-state index is 0.181. The Hall–Kier alpha value is -9.00. The molecule has 5 aromatic heterocycles. The molecule has 0 fully saturated rings. The number of fused-ring (bicyclic) bond motifs is 12. The summed E-state index contributed by atoms with van der Waals surface area (Å²) < 4.78 is 5.13. The summed E-state index contributed by atoms with van der Waals surface area (Å²) in [6, 6.07) is 60.6. The molecule has 4 unspecified atom stereocenters. The van der Waals surface area contributed by atoms with Crippen molar-refractivity contribution in [3.05, 3.63) is 216 Å². The third-order valence-corrected chi connectivity index (χ3v) is 17.1. The zero-order chi connectivity index (χ0) is 49.5. The van der Waals surface area contributed by atoms with Gasteiger partial charge in [0.1, 0.15) is 0 Å². The van der Waals surface area contributed by atoms with Crippen molar-refractivity contribution in [1.29, 1.82) is 5.41 Å². The number of aromatic nitrogens is 5. The Bertz CT molecular complexity index is 4580. The van der Waals surface area contributed by atoms with Gasteiger partial charge < -0.3 is 14.5 Å². The average Bonchev–Trinajstić information content (AvgIpc) is 4.10. The monoisotopic (exact) mass is 950 g/mol. The minimum Gasteiger partial charge on any atom is -0.309 e. The van der Waals surface area contributed by atoms with Gasteiger partial charge in [-0.3, -0.25) is 15.0 Å². The highest BCUT2D eigenvalue weighted by molar-refractivity contribution is 6.19. The second-order valence-electron chi connectivity index (χ2n) is 20.8. The molecule has 6 nitrogen and oxygen atoms in total. The Morgan fingerprint density at radius 1 is 0.446 bits per heavy atom. The van der Waals surface area contributed by atoms with E-state index >= 15 is 0 Å². The number of benzene rings is 8. The third-order valence-electron chi connectivity index (χ3n) is 17.1. The summed E-state index contributed by atoms with van der Waals surface area (Å²) in [5, 5.41) is 16.1. The molecule has 74 heavy (non-hydrogen) atoms. The Morgan fingerprint density at radius 2 is 0.973 bits per heavy atom. The van der Waals surface area contributed by atoms with Gasteiger partial charge in [-0.15, -0.1) is 0 Å². The largest absolute Gasteiger partial charge is 0.309 e. The van der Waals surface area contributed by atoms with E-state index in [4.69, 9.17) is 20.4 Å². The molecular weight excluding hydrogens is 901 g/mol. The fourth-order valence-electron chi connectivity index (χ4n) is 13.4. The van der Waals surface area contributed by atoms with Crippen molar-refractivity contribution in [2.24, 2.45) is 0 Å². The first kappa shape index (κ1) is 42.7. The molecule has 352 valence electrons. The lowest BCUT2D eigenvalue weighted by Crippen LogP contribution is -2.24. The zero-order valence-electron chi connectivity index (χ0n) is 41.6. The summed E-state index contributed by atoms with van der Waals surface area (Å²) in [5.41, 5.74) is 24.4. The molecule has 6 heteroatoms. The van der Waals surface area contributed by atoms with Crippen molar-refractivity contribution in [3.8, 4) is 44.8 Å². The van der Waals surface area contributed by atoms with Crippen LogP contribution in [0.4, 0.5) is 0 Å². The number of hydrogen-bond acceptors (Lipinski definition) is 4. The van der Waals surface area contributed by atoms with Crippen LogP contribution in [0.5, 0.6) is 0 Å². The van der Waals surface area contributed by atoms with E-state index in [0.717, 1.165) is 60.6 Å². The first-order valence-corrected chi connectivity index (χ1v) is 26.0. The Kier molecular flexibility index (Phi) is 9.22. The fourth-order valence-corrected chi connectivity index (χ4v) is 13.4. The van der Waals surface area contributed by atoms with E-state index in [-0.39, 0.29) is 23.7 Å². The van der Waals surface area contributed by atoms with Crippen molar-refractivity contribution >= 4 is 88.6 Å². The molecule has 0 amide bonds. The van der Waals surface area contributed by atoms with E-state index < -0.39 is 0 Å². The van der Waals surface area contributed by atoms with Gasteiger partial charge in [0, 0.05) is 73.9 Å². The lowest BCUT2D eigenvalue weighted by molar-refractivity contribution is 0.584. The molecular formula is C68H50N6. The Morgan fingerprint density at radius 3 is 1.55 bits per heavy atom. The number of rotatable bonds is 6. The van der Waals surface area contributed by atoms with Crippen LogP contribution in [0.1, 0.15) is 79.2 Å². The normalized spacial score (nSPS) is 17.2. The number of para-hydroxylation sites is 2. The smallest absolute Gasteiger partial charge is 0.0970 e. The van der Waals surface area contributed by atoms with Crippen LogP contribution in [0.3, 0.4) is 0 Å². The molecule has 4 atom stereocenters. The molecule has 0 spiro atoms.